The summed E-state index contributed by atoms with van der Waals surface area (Å²) in [5.41, 5.74) is 1.32. The summed E-state index contributed by atoms with van der Waals surface area (Å²) in [5, 5.41) is 12.5. The van der Waals surface area contributed by atoms with Crippen molar-refractivity contribution in [3.63, 3.8) is 0 Å². The van der Waals surface area contributed by atoms with E-state index in [4.69, 9.17) is 9.47 Å². The van der Waals surface area contributed by atoms with Crippen LogP contribution in [-0.2, 0) is 23.9 Å². The second-order valence-corrected chi connectivity index (χ2v) is 6.39. The van der Waals surface area contributed by atoms with Crippen LogP contribution in [0, 0.1) is 0 Å². The predicted molar refractivity (Wildman–Crippen MR) is 96.9 cm³/mol. The van der Waals surface area contributed by atoms with Gasteiger partial charge in [0.05, 0.1) is 12.6 Å². The number of hydrogen-bond acceptors (Lipinski definition) is 6. The van der Waals surface area contributed by atoms with E-state index in [2.05, 4.69) is 5.32 Å². The summed E-state index contributed by atoms with van der Waals surface area (Å²) >= 11 is 0. The van der Waals surface area contributed by atoms with E-state index < -0.39 is 12.1 Å². The Morgan fingerprint density at radius 2 is 2.00 bits per heavy atom. The Labute approximate surface area is 157 Å². The number of likely N-dealkylation sites (N-methyl/N-ethyl adjacent to an activating group) is 1. The summed E-state index contributed by atoms with van der Waals surface area (Å²) in [7, 11) is 4.65. The zero-order chi connectivity index (χ0) is 20.0. The fourth-order valence-corrected chi connectivity index (χ4v) is 2.79. The minimum Gasteiger partial charge on any atom is -0.394 e. The Morgan fingerprint density at radius 1 is 1.33 bits per heavy atom. The van der Waals surface area contributed by atoms with Crippen molar-refractivity contribution in [2.75, 3.05) is 52.9 Å². The van der Waals surface area contributed by atoms with Crippen LogP contribution in [0.1, 0.15) is 11.7 Å². The van der Waals surface area contributed by atoms with E-state index in [0.717, 1.165) is 5.56 Å². The molecule has 0 radical (unpaired) electrons. The van der Waals surface area contributed by atoms with E-state index in [1.165, 1.54) is 16.9 Å². The molecule has 1 aromatic rings. The Kier molecular flexibility index (Phi) is 7.28. The average Bonchev–Trinajstić information content (AvgIpc) is 2.64. The molecule has 27 heavy (non-hydrogen) atoms. The van der Waals surface area contributed by atoms with Crippen LogP contribution in [0.2, 0.25) is 0 Å². The maximum absolute atomic E-state index is 12.2. The highest BCUT2D eigenvalue weighted by Gasteiger charge is 2.38. The Balaban J connectivity index is 2.15. The van der Waals surface area contributed by atoms with Crippen LogP contribution in [0.4, 0.5) is 5.69 Å². The second kappa shape index (κ2) is 9.45. The van der Waals surface area contributed by atoms with Crippen molar-refractivity contribution in [3.8, 4) is 0 Å². The quantitative estimate of drug-likeness (QED) is 0.669. The fraction of sp³-hybridized carbons (Fsp3) is 0.500. The molecule has 1 aromatic carbocycles. The molecule has 9 nitrogen and oxygen atoms in total. The predicted octanol–water partition coefficient (Wildman–Crippen LogP) is -0.379. The van der Waals surface area contributed by atoms with Crippen LogP contribution in [0.25, 0.3) is 0 Å². The van der Waals surface area contributed by atoms with Crippen molar-refractivity contribution in [1.82, 2.24) is 9.80 Å². The molecule has 0 aromatic heterocycles. The van der Waals surface area contributed by atoms with Gasteiger partial charge in [0.2, 0.25) is 17.7 Å². The number of aliphatic hydroxyl groups excluding tert-OH is 1. The standard InChI is InChI=1S/C18H25N3O6/c1-20(2)16(24)8-21-14(9-22)18(27-11-17(21)25)12-4-6-13(7-5-12)19-15(23)10-26-3/h4-7,14,18,22H,8-11H2,1-3H3,(H,19,23)/t14-,18-/m1/s1. The van der Waals surface area contributed by atoms with E-state index in [0.29, 0.717) is 5.69 Å². The van der Waals surface area contributed by atoms with Crippen LogP contribution >= 0.6 is 0 Å². The fourth-order valence-electron chi connectivity index (χ4n) is 2.79. The van der Waals surface area contributed by atoms with Crippen LogP contribution in [0.3, 0.4) is 0 Å². The van der Waals surface area contributed by atoms with Gasteiger partial charge in [-0.3, -0.25) is 14.4 Å². The Morgan fingerprint density at radius 3 is 2.56 bits per heavy atom. The topological polar surface area (TPSA) is 108 Å². The van der Waals surface area contributed by atoms with Crippen molar-refractivity contribution in [2.24, 2.45) is 0 Å². The van der Waals surface area contributed by atoms with Crippen molar-refractivity contribution in [2.45, 2.75) is 12.1 Å². The zero-order valence-electron chi connectivity index (χ0n) is 15.7. The lowest BCUT2D eigenvalue weighted by atomic mass is 9.99. The number of nitrogens with zero attached hydrogens (tertiary/aromatic N) is 2. The highest BCUT2D eigenvalue weighted by molar-refractivity contribution is 5.91. The molecule has 148 valence electrons. The first-order valence-electron chi connectivity index (χ1n) is 8.48. The first-order valence-corrected chi connectivity index (χ1v) is 8.48. The van der Waals surface area contributed by atoms with Gasteiger partial charge < -0.3 is 29.7 Å². The molecule has 0 saturated carbocycles. The summed E-state index contributed by atoms with van der Waals surface area (Å²) in [5.74, 6) is -0.853. The number of morpholine rings is 1. The van der Waals surface area contributed by atoms with E-state index in [-0.39, 0.29) is 44.1 Å². The van der Waals surface area contributed by atoms with Crippen molar-refractivity contribution in [1.29, 1.82) is 0 Å². The molecule has 0 bridgehead atoms. The van der Waals surface area contributed by atoms with Gasteiger partial charge in [0.1, 0.15) is 25.9 Å². The summed E-state index contributed by atoms with van der Waals surface area (Å²) < 4.78 is 10.4. The molecule has 3 amide bonds. The van der Waals surface area contributed by atoms with Gasteiger partial charge in [-0.1, -0.05) is 12.1 Å². The molecular weight excluding hydrogens is 354 g/mol. The molecule has 9 heteroatoms. The molecule has 2 atom stereocenters. The molecule has 2 rings (SSSR count). The van der Waals surface area contributed by atoms with E-state index >= 15 is 0 Å². The minimum atomic E-state index is -0.677. The lowest BCUT2D eigenvalue weighted by Gasteiger charge is -2.40. The number of carbonyl (C=O) groups is 3. The third-order valence-corrected chi connectivity index (χ3v) is 4.25. The lowest BCUT2D eigenvalue weighted by Crippen LogP contribution is -2.55. The third-order valence-electron chi connectivity index (χ3n) is 4.25. The summed E-state index contributed by atoms with van der Waals surface area (Å²) in [6.07, 6.45) is -0.577. The Hall–Kier alpha value is -2.49. The number of ether oxygens (including phenoxy) is 2. The lowest BCUT2D eigenvalue weighted by molar-refractivity contribution is -0.164. The SMILES string of the molecule is COCC(=O)Nc1ccc([C@H]2OCC(=O)N(CC(=O)N(C)C)[C@@H]2CO)cc1. The smallest absolute Gasteiger partial charge is 0.250 e. The first kappa shape index (κ1) is 20.8. The summed E-state index contributed by atoms with van der Waals surface area (Å²) in [6, 6.07) is 6.22. The van der Waals surface area contributed by atoms with Crippen LogP contribution < -0.4 is 5.32 Å². The molecule has 0 aliphatic carbocycles. The van der Waals surface area contributed by atoms with Gasteiger partial charge >= 0.3 is 0 Å². The third kappa shape index (κ3) is 5.25. The number of rotatable bonds is 7. The molecule has 2 N–H and O–H groups in total. The summed E-state index contributed by atoms with van der Waals surface area (Å²) in [6.45, 7) is -0.684. The van der Waals surface area contributed by atoms with Crippen LogP contribution in [0.15, 0.2) is 24.3 Å². The van der Waals surface area contributed by atoms with Gasteiger partial charge in [-0.25, -0.2) is 0 Å². The van der Waals surface area contributed by atoms with Crippen LogP contribution in [-0.4, -0.2) is 86.2 Å². The Bertz CT molecular complexity index is 676. The van der Waals surface area contributed by atoms with Crippen LogP contribution in [0.5, 0.6) is 0 Å². The molecular formula is C18H25N3O6. The van der Waals surface area contributed by atoms with Crippen molar-refractivity contribution >= 4 is 23.4 Å². The monoisotopic (exact) mass is 379 g/mol. The number of benzene rings is 1. The number of anilines is 1. The van der Waals surface area contributed by atoms with Gasteiger partial charge in [-0.05, 0) is 17.7 Å². The summed E-state index contributed by atoms with van der Waals surface area (Å²) in [4.78, 5) is 38.5. The van der Waals surface area contributed by atoms with Gasteiger partial charge in [-0.15, -0.1) is 0 Å². The van der Waals surface area contributed by atoms with Gasteiger partial charge in [0.25, 0.3) is 0 Å². The van der Waals surface area contributed by atoms with E-state index in [1.54, 1.807) is 38.4 Å². The molecule has 1 heterocycles. The van der Waals surface area contributed by atoms with Crippen molar-refractivity contribution in [3.05, 3.63) is 29.8 Å². The second-order valence-electron chi connectivity index (χ2n) is 6.39. The van der Waals surface area contributed by atoms with E-state index in [9.17, 15) is 19.5 Å². The van der Waals surface area contributed by atoms with E-state index in [1.807, 2.05) is 0 Å². The highest BCUT2D eigenvalue weighted by Crippen LogP contribution is 2.29. The number of carbonyl (C=O) groups excluding carboxylic acids is 3. The van der Waals surface area contributed by atoms with Gasteiger partial charge in [-0.2, -0.15) is 0 Å². The number of amides is 3. The molecule has 1 aliphatic heterocycles. The highest BCUT2D eigenvalue weighted by atomic mass is 16.5. The molecule has 1 aliphatic rings. The molecule has 0 unspecified atom stereocenters. The first-order chi connectivity index (χ1) is 12.9. The molecule has 0 spiro atoms. The largest absolute Gasteiger partial charge is 0.394 e. The number of aliphatic hydroxyl groups is 1. The number of nitrogens with one attached hydrogen (secondary N) is 1. The minimum absolute atomic E-state index is 0.0446. The average molecular weight is 379 g/mol. The maximum atomic E-state index is 12.2. The zero-order valence-corrected chi connectivity index (χ0v) is 15.7. The van der Waals surface area contributed by atoms with Crippen molar-refractivity contribution < 1.29 is 29.0 Å². The normalized spacial score (nSPS) is 19.7. The van der Waals surface area contributed by atoms with Gasteiger partial charge in [0.15, 0.2) is 0 Å². The molecule has 1 fully saturated rings. The number of methoxy groups -OCH3 is 1. The number of hydrogen-bond donors (Lipinski definition) is 2. The van der Waals surface area contributed by atoms with Gasteiger partial charge in [0, 0.05) is 26.9 Å². The molecule has 1 saturated heterocycles. The maximum Gasteiger partial charge on any atom is 0.250 e.